The predicted octanol–water partition coefficient (Wildman–Crippen LogP) is 3.23. The Labute approximate surface area is 134 Å². The summed E-state index contributed by atoms with van der Waals surface area (Å²) in [5.41, 5.74) is -5.74. The summed E-state index contributed by atoms with van der Waals surface area (Å²) in [7, 11) is 0. The molecule has 12 heteroatoms. The Morgan fingerprint density at radius 2 is 2.13 bits per heavy atom. The fourth-order valence-corrected chi connectivity index (χ4v) is 3.33. The van der Waals surface area contributed by atoms with Crippen LogP contribution >= 0.6 is 23.1 Å². The monoisotopic (exact) mass is 368 g/mol. The van der Waals surface area contributed by atoms with E-state index in [0.717, 1.165) is 6.07 Å². The number of rotatable bonds is 4. The highest BCUT2D eigenvalue weighted by atomic mass is 32.2. The molecule has 1 aromatic carbocycles. The Bertz CT molecular complexity index is 790. The molecule has 124 valence electrons. The Morgan fingerprint density at radius 3 is 2.65 bits per heavy atom. The second-order valence-corrected chi connectivity index (χ2v) is 6.16. The minimum atomic E-state index is -4.67. The number of thiazole rings is 1. The summed E-state index contributed by atoms with van der Waals surface area (Å²) < 4.78 is 41.8. The molecule has 0 spiro atoms. The molecular weight excluding hydrogens is 361 g/mol. The van der Waals surface area contributed by atoms with Gasteiger partial charge >= 0.3 is 16.5 Å². The summed E-state index contributed by atoms with van der Waals surface area (Å²) >= 11 is -0.0871. The minimum absolute atomic E-state index is 0.0235. The van der Waals surface area contributed by atoms with E-state index in [1.807, 2.05) is 0 Å². The number of hydrogen-bond acceptors (Lipinski definition) is 7. The smallest absolute Gasteiger partial charge is 0.446 e. The van der Waals surface area contributed by atoms with E-state index in [-0.39, 0.29) is 21.6 Å². The zero-order chi connectivity index (χ0) is 17.4. The van der Waals surface area contributed by atoms with Crippen LogP contribution in [0.2, 0.25) is 0 Å². The van der Waals surface area contributed by atoms with E-state index >= 15 is 0 Å². The second-order valence-electron chi connectivity index (χ2n) is 4.02. The molecule has 0 fully saturated rings. The second kappa shape index (κ2) is 6.20. The van der Waals surface area contributed by atoms with Gasteiger partial charge in [0.25, 0.3) is 5.69 Å². The molecule has 0 aliphatic rings. The normalized spacial score (nSPS) is 11.7. The number of hydrogen-bond donors (Lipinski definition) is 0. The third kappa shape index (κ3) is 3.64. The molecule has 2 aromatic rings. The van der Waals surface area contributed by atoms with Crippen LogP contribution in [0, 0.1) is 15.3 Å². The number of non-ortho nitro benzene ring substituents is 1. The van der Waals surface area contributed by atoms with E-state index in [0.29, 0.717) is 17.4 Å². The van der Waals surface area contributed by atoms with Crippen molar-refractivity contribution < 1.29 is 32.4 Å². The van der Waals surface area contributed by atoms with Gasteiger partial charge in [-0.05, 0) is 30.0 Å². The fourth-order valence-electron chi connectivity index (χ4n) is 1.72. The zero-order valence-corrected chi connectivity index (χ0v) is 12.9. The molecule has 0 saturated carbocycles. The Morgan fingerprint density at radius 1 is 1.48 bits per heavy atom. The van der Waals surface area contributed by atoms with Crippen molar-refractivity contribution in [1.82, 2.24) is 0 Å². The molecule has 0 radical (unpaired) electrons. The number of thioether (sulfide) groups is 1. The van der Waals surface area contributed by atoms with Crippen LogP contribution in [-0.4, -0.2) is 23.0 Å². The number of nitrogens with zero attached hydrogens (tertiary/aromatic N) is 2. The number of alkyl halides is 3. The van der Waals surface area contributed by atoms with Gasteiger partial charge in [0.05, 0.1) is 11.5 Å². The molecule has 23 heavy (non-hydrogen) atoms. The standard InChI is InChI=1S/C11H7F3N2O5S2/c1-2-21-10(17)9-15(18)6-3-5(23-11(12,13)14)4-7(16(19)20)8(6)22-9/h3-4H,2H2,1H3. The summed E-state index contributed by atoms with van der Waals surface area (Å²) in [6.07, 6.45) is 0. The molecule has 0 atom stereocenters. The van der Waals surface area contributed by atoms with Gasteiger partial charge in [-0.2, -0.15) is 13.2 Å². The van der Waals surface area contributed by atoms with Gasteiger partial charge in [0.1, 0.15) is 0 Å². The van der Waals surface area contributed by atoms with Crippen LogP contribution in [-0.2, 0) is 4.74 Å². The van der Waals surface area contributed by atoms with E-state index in [9.17, 15) is 33.3 Å². The van der Waals surface area contributed by atoms with Crippen molar-refractivity contribution in [2.75, 3.05) is 6.61 Å². The SMILES string of the molecule is CCOC(=O)c1sc2c([N+](=O)[O-])cc(SC(F)(F)F)cc2[n+]1[O-]. The number of halogens is 3. The lowest BCUT2D eigenvalue weighted by atomic mass is 10.3. The van der Waals surface area contributed by atoms with Gasteiger partial charge in [-0.3, -0.25) is 10.1 Å². The van der Waals surface area contributed by atoms with E-state index in [2.05, 4.69) is 4.74 Å². The van der Waals surface area contributed by atoms with E-state index in [1.54, 1.807) is 0 Å². The summed E-state index contributed by atoms with van der Waals surface area (Å²) in [5.74, 6) is -0.997. The molecule has 1 heterocycles. The quantitative estimate of drug-likeness (QED) is 0.205. The molecule has 1 aromatic heterocycles. The van der Waals surface area contributed by atoms with Crippen molar-refractivity contribution in [1.29, 1.82) is 0 Å². The van der Waals surface area contributed by atoms with Crippen LogP contribution < -0.4 is 4.73 Å². The first kappa shape index (κ1) is 17.3. The van der Waals surface area contributed by atoms with Gasteiger partial charge in [0.15, 0.2) is 4.70 Å². The molecule has 0 aliphatic carbocycles. The van der Waals surface area contributed by atoms with Crippen LogP contribution in [0.1, 0.15) is 16.7 Å². The molecule has 7 nitrogen and oxygen atoms in total. The van der Waals surface area contributed by atoms with Gasteiger partial charge < -0.3 is 9.94 Å². The third-order valence-electron chi connectivity index (χ3n) is 2.51. The van der Waals surface area contributed by atoms with Gasteiger partial charge in [-0.1, -0.05) is 0 Å². The van der Waals surface area contributed by atoms with Gasteiger partial charge in [-0.25, -0.2) is 4.79 Å². The molecule has 0 bridgehead atoms. The maximum atomic E-state index is 12.4. The Hall–Kier alpha value is -2.08. The molecular formula is C11H7F3N2O5S2. The van der Waals surface area contributed by atoms with Crippen molar-refractivity contribution in [2.45, 2.75) is 17.3 Å². The van der Waals surface area contributed by atoms with Crippen LogP contribution in [0.25, 0.3) is 10.2 Å². The highest BCUT2D eigenvalue weighted by molar-refractivity contribution is 8.00. The van der Waals surface area contributed by atoms with Crippen LogP contribution in [0.3, 0.4) is 0 Å². The first-order chi connectivity index (χ1) is 10.6. The summed E-state index contributed by atoms with van der Waals surface area (Å²) in [5, 5.41) is 22.6. The zero-order valence-electron chi connectivity index (χ0n) is 11.2. The van der Waals surface area contributed by atoms with Crippen molar-refractivity contribution in [3.63, 3.8) is 0 Å². The summed E-state index contributed by atoms with van der Waals surface area (Å²) in [6.45, 7) is 1.48. The Kier molecular flexibility index (Phi) is 4.66. The van der Waals surface area contributed by atoms with E-state index in [1.165, 1.54) is 6.92 Å². The maximum absolute atomic E-state index is 12.4. The molecule has 0 unspecified atom stereocenters. The molecule has 2 rings (SSSR count). The number of aromatic nitrogens is 1. The number of fused-ring (bicyclic) bond motifs is 1. The number of carbonyl (C=O) groups excluding carboxylic acids is 1. The maximum Gasteiger partial charge on any atom is 0.446 e. The molecule has 0 saturated heterocycles. The summed E-state index contributed by atoms with van der Waals surface area (Å²) in [4.78, 5) is 21.3. The first-order valence-electron chi connectivity index (χ1n) is 5.91. The van der Waals surface area contributed by atoms with E-state index in [4.69, 9.17) is 0 Å². The van der Waals surface area contributed by atoms with Crippen LogP contribution in [0.4, 0.5) is 18.9 Å². The lowest BCUT2D eigenvalue weighted by Crippen LogP contribution is -2.32. The van der Waals surface area contributed by atoms with Crippen molar-refractivity contribution in [3.05, 3.63) is 32.5 Å². The lowest BCUT2D eigenvalue weighted by molar-refractivity contribution is -0.575. The van der Waals surface area contributed by atoms with Crippen molar-refractivity contribution in [2.24, 2.45) is 0 Å². The molecule has 0 N–H and O–H groups in total. The van der Waals surface area contributed by atoms with Crippen LogP contribution in [0.5, 0.6) is 0 Å². The highest BCUT2D eigenvalue weighted by Crippen LogP contribution is 2.41. The first-order valence-corrected chi connectivity index (χ1v) is 7.54. The van der Waals surface area contributed by atoms with Crippen molar-refractivity contribution >= 4 is 45.0 Å². The van der Waals surface area contributed by atoms with Gasteiger partial charge in [0, 0.05) is 17.0 Å². The van der Waals surface area contributed by atoms with Crippen LogP contribution in [0.15, 0.2) is 17.0 Å². The topological polar surface area (TPSA) is 96.4 Å². The predicted molar refractivity (Wildman–Crippen MR) is 75.3 cm³/mol. The number of nitro groups is 1. The molecule has 0 amide bonds. The number of carbonyl (C=O) groups is 1. The van der Waals surface area contributed by atoms with Gasteiger partial charge in [-0.15, -0.1) is 4.73 Å². The minimum Gasteiger partial charge on any atom is -0.617 e. The fraction of sp³-hybridized carbons (Fsp3) is 0.273. The average molecular weight is 368 g/mol. The third-order valence-corrected chi connectivity index (χ3v) is 4.36. The summed E-state index contributed by atoms with van der Waals surface area (Å²) in [6, 6.07) is 1.57. The van der Waals surface area contributed by atoms with Crippen molar-refractivity contribution in [3.8, 4) is 0 Å². The Balaban J connectivity index is 2.67. The number of ether oxygens (including phenoxy) is 1. The highest BCUT2D eigenvalue weighted by Gasteiger charge is 2.34. The van der Waals surface area contributed by atoms with E-state index < -0.39 is 43.8 Å². The van der Waals surface area contributed by atoms with Gasteiger partial charge in [0.2, 0.25) is 5.52 Å². The largest absolute Gasteiger partial charge is 0.617 e. The number of benzene rings is 1. The molecule has 0 aliphatic heterocycles. The number of nitro benzene ring substituents is 1. The lowest BCUT2D eigenvalue weighted by Gasteiger charge is -2.05. The average Bonchev–Trinajstić information content (AvgIpc) is 2.74. The number of esters is 1.